The number of nitrogens with two attached hydrogens (primary N) is 1. The molecule has 2 unspecified atom stereocenters. The molecule has 3 heterocycles. The van der Waals surface area contributed by atoms with Crippen LogP contribution in [-0.2, 0) is 16.6 Å². The monoisotopic (exact) mass is 416 g/mol. The summed E-state index contributed by atoms with van der Waals surface area (Å²) in [5.41, 5.74) is 2.08. The average Bonchev–Trinajstić information content (AvgIpc) is 2.67. The van der Waals surface area contributed by atoms with E-state index in [9.17, 15) is 22.5 Å². The van der Waals surface area contributed by atoms with Crippen molar-refractivity contribution in [1.29, 1.82) is 0 Å². The largest absolute Gasteiger partial charge is 0.421 e. The van der Waals surface area contributed by atoms with E-state index in [-0.39, 0.29) is 5.95 Å². The highest BCUT2D eigenvalue weighted by atomic mass is 32.2. The summed E-state index contributed by atoms with van der Waals surface area (Å²) in [7, 11) is -1.39. The van der Waals surface area contributed by atoms with Gasteiger partial charge in [-0.3, -0.25) is 0 Å². The zero-order valence-electron chi connectivity index (χ0n) is 14.9. The molecule has 0 spiro atoms. The molecule has 1 saturated heterocycles. The molecule has 2 aromatic rings. The Morgan fingerprint density at radius 2 is 1.68 bits per heavy atom. The van der Waals surface area contributed by atoms with Gasteiger partial charge in [-0.05, 0) is 19.1 Å². The number of aliphatic hydroxyl groups is 1. The third-order valence-electron chi connectivity index (χ3n) is 4.47. The molecule has 3 N–H and O–H groups in total. The molecule has 2 aromatic heterocycles. The summed E-state index contributed by atoms with van der Waals surface area (Å²) in [4.78, 5) is 14.2. The van der Waals surface area contributed by atoms with Crippen molar-refractivity contribution < 1.29 is 22.5 Å². The Bertz CT molecular complexity index is 837. The molecule has 12 heteroatoms. The number of halogens is 3. The fourth-order valence-electron chi connectivity index (χ4n) is 2.60. The van der Waals surface area contributed by atoms with Gasteiger partial charge in [-0.25, -0.2) is 23.5 Å². The Balaban J connectivity index is 1.63. The van der Waals surface area contributed by atoms with Crippen LogP contribution in [0.2, 0.25) is 0 Å². The molecule has 152 valence electrons. The maximum Gasteiger partial charge on any atom is 0.421 e. The highest BCUT2D eigenvalue weighted by molar-refractivity contribution is 7.82. The van der Waals surface area contributed by atoms with Gasteiger partial charge in [0, 0.05) is 50.3 Å². The average molecular weight is 416 g/mol. The van der Waals surface area contributed by atoms with Gasteiger partial charge in [0.1, 0.15) is 16.8 Å². The second kappa shape index (κ2) is 7.60. The van der Waals surface area contributed by atoms with Crippen molar-refractivity contribution >= 4 is 22.8 Å². The van der Waals surface area contributed by atoms with Crippen LogP contribution in [0.1, 0.15) is 12.5 Å². The van der Waals surface area contributed by atoms with Crippen molar-refractivity contribution in [3.63, 3.8) is 0 Å². The molecule has 3 rings (SSSR count). The molecule has 28 heavy (non-hydrogen) atoms. The third-order valence-corrected chi connectivity index (χ3v) is 5.95. The van der Waals surface area contributed by atoms with Gasteiger partial charge in [-0.15, -0.1) is 0 Å². The van der Waals surface area contributed by atoms with E-state index in [4.69, 9.17) is 5.73 Å². The molecule has 1 aliphatic rings. The molecular weight excluding hydrogens is 397 g/mol. The number of alkyl halides is 3. The fraction of sp³-hybridized carbons (Fsp3) is 0.438. The minimum Gasteiger partial charge on any atom is -0.384 e. The molecule has 0 saturated carbocycles. The molecule has 0 bridgehead atoms. The first kappa shape index (κ1) is 20.4. The zero-order chi connectivity index (χ0) is 20.5. The summed E-state index contributed by atoms with van der Waals surface area (Å²) in [6.07, 6.45) is -1.42. The summed E-state index contributed by atoms with van der Waals surface area (Å²) >= 11 is 0. The van der Waals surface area contributed by atoms with Crippen LogP contribution in [-0.4, -0.2) is 60.9 Å². The first-order valence-corrected chi connectivity index (χ1v) is 9.45. The number of nitrogens with zero attached hydrogens (tertiary/aromatic N) is 5. The molecule has 1 aliphatic heterocycles. The van der Waals surface area contributed by atoms with Gasteiger partial charge in [0.15, 0.2) is 5.60 Å². The maximum absolute atomic E-state index is 12.9. The predicted molar refractivity (Wildman–Crippen MR) is 96.5 cm³/mol. The number of piperazine rings is 1. The van der Waals surface area contributed by atoms with Crippen molar-refractivity contribution in [2.45, 2.75) is 23.6 Å². The smallest absolute Gasteiger partial charge is 0.384 e. The summed E-state index contributed by atoms with van der Waals surface area (Å²) in [5, 5.41) is 9.67. The summed E-state index contributed by atoms with van der Waals surface area (Å²) < 4.78 is 53.0. The number of hydrogen-bond donors (Lipinski definition) is 2. The Labute approximate surface area is 161 Å². The molecule has 1 fully saturated rings. The molecule has 0 radical (unpaired) electrons. The van der Waals surface area contributed by atoms with E-state index in [1.54, 1.807) is 21.3 Å². The Morgan fingerprint density at radius 1 is 1.07 bits per heavy atom. The van der Waals surface area contributed by atoms with Crippen molar-refractivity contribution in [3.05, 3.63) is 36.3 Å². The summed E-state index contributed by atoms with van der Waals surface area (Å²) in [6, 6.07) is 3.23. The van der Waals surface area contributed by atoms with Crippen LogP contribution in [0.3, 0.4) is 0 Å². The van der Waals surface area contributed by atoms with E-state index >= 15 is 0 Å². The molecular formula is C16H19F3N6O2S. The SMILES string of the molecule is CC(O)(c1cnc(N2CCN(S(=O)c3ccc(N)nc3)CC2)nc1)C(F)(F)F. The van der Waals surface area contributed by atoms with E-state index in [2.05, 4.69) is 15.0 Å². The first-order valence-electron chi connectivity index (χ1n) is 8.34. The van der Waals surface area contributed by atoms with Crippen molar-refractivity contribution in [1.82, 2.24) is 19.3 Å². The first-order chi connectivity index (χ1) is 13.1. The Kier molecular flexibility index (Phi) is 5.55. The topological polar surface area (TPSA) is 108 Å². The second-order valence-electron chi connectivity index (χ2n) is 6.43. The number of rotatable bonds is 4. The van der Waals surface area contributed by atoms with Gasteiger partial charge in [0.05, 0.1) is 4.90 Å². The van der Waals surface area contributed by atoms with Crippen LogP contribution < -0.4 is 10.6 Å². The lowest BCUT2D eigenvalue weighted by atomic mass is 9.99. The number of aromatic nitrogens is 3. The van der Waals surface area contributed by atoms with Crippen LogP contribution in [0.4, 0.5) is 24.9 Å². The van der Waals surface area contributed by atoms with Gasteiger partial charge in [0.25, 0.3) is 0 Å². The summed E-state index contributed by atoms with van der Waals surface area (Å²) in [5.74, 6) is 0.594. The second-order valence-corrected chi connectivity index (χ2v) is 7.91. The summed E-state index contributed by atoms with van der Waals surface area (Å²) in [6.45, 7) is 2.45. The lowest BCUT2D eigenvalue weighted by Crippen LogP contribution is -2.47. The highest BCUT2D eigenvalue weighted by Gasteiger charge is 2.51. The third kappa shape index (κ3) is 4.08. The minimum atomic E-state index is -4.83. The quantitative estimate of drug-likeness (QED) is 0.767. The van der Waals surface area contributed by atoms with E-state index in [1.807, 2.05) is 0 Å². The Hall–Kier alpha value is -2.31. The van der Waals surface area contributed by atoms with E-state index in [0.717, 1.165) is 12.4 Å². The van der Waals surface area contributed by atoms with E-state index in [1.165, 1.54) is 6.20 Å². The zero-order valence-corrected chi connectivity index (χ0v) is 15.7. The van der Waals surface area contributed by atoms with Gasteiger partial charge >= 0.3 is 6.18 Å². The van der Waals surface area contributed by atoms with Gasteiger partial charge < -0.3 is 15.7 Å². The predicted octanol–water partition coefficient (Wildman–Crippen LogP) is 1.07. The van der Waals surface area contributed by atoms with Gasteiger partial charge in [0.2, 0.25) is 5.95 Å². The molecule has 0 aliphatic carbocycles. The number of nitrogen functional groups attached to an aromatic ring is 1. The number of hydrogen-bond acceptors (Lipinski definition) is 7. The van der Waals surface area contributed by atoms with Crippen LogP contribution in [0.15, 0.2) is 35.6 Å². The van der Waals surface area contributed by atoms with E-state index < -0.39 is 28.3 Å². The number of anilines is 2. The molecule has 0 amide bonds. The van der Waals surface area contributed by atoms with Crippen molar-refractivity contribution in [2.75, 3.05) is 36.8 Å². The van der Waals surface area contributed by atoms with Gasteiger partial charge in [-0.1, -0.05) is 0 Å². The fourth-order valence-corrected chi connectivity index (χ4v) is 3.72. The van der Waals surface area contributed by atoms with E-state index in [0.29, 0.717) is 43.8 Å². The highest BCUT2D eigenvalue weighted by Crippen LogP contribution is 2.38. The van der Waals surface area contributed by atoms with Crippen LogP contribution >= 0.6 is 0 Å². The van der Waals surface area contributed by atoms with Crippen LogP contribution in [0.25, 0.3) is 0 Å². The Morgan fingerprint density at radius 3 is 2.18 bits per heavy atom. The van der Waals surface area contributed by atoms with Crippen LogP contribution in [0, 0.1) is 0 Å². The lowest BCUT2D eigenvalue weighted by Gasteiger charge is -2.34. The normalized spacial score (nSPS) is 19.2. The molecule has 8 nitrogen and oxygen atoms in total. The standard InChI is InChI=1S/C16H19F3N6O2S/c1-15(26,16(17,18)19)11-8-22-14(23-9-11)24-4-6-25(7-5-24)28(27)12-2-3-13(20)21-10-12/h2-3,8-10,26H,4-7H2,1H3,(H2,20,21). The molecule has 0 aromatic carbocycles. The van der Waals surface area contributed by atoms with Crippen molar-refractivity contribution in [3.8, 4) is 0 Å². The van der Waals surface area contributed by atoms with Crippen molar-refractivity contribution in [2.24, 2.45) is 0 Å². The molecule has 2 atom stereocenters. The minimum absolute atomic E-state index is 0.251. The maximum atomic E-state index is 12.9. The lowest BCUT2D eigenvalue weighted by molar-refractivity contribution is -0.259. The van der Waals surface area contributed by atoms with Gasteiger partial charge in [-0.2, -0.15) is 13.2 Å². The van der Waals surface area contributed by atoms with Crippen LogP contribution in [0.5, 0.6) is 0 Å². The number of pyridine rings is 1.